The number of aliphatic imine (C=N–C) groups is 1. The fourth-order valence-electron chi connectivity index (χ4n) is 2.08. The lowest BCUT2D eigenvalue weighted by Gasteiger charge is -2.05. The van der Waals surface area contributed by atoms with E-state index in [-0.39, 0.29) is 28.9 Å². The Morgan fingerprint density at radius 2 is 1.67 bits per heavy atom. The highest BCUT2D eigenvalue weighted by molar-refractivity contribution is 6.36. The predicted octanol–water partition coefficient (Wildman–Crippen LogP) is 2.69. The van der Waals surface area contributed by atoms with Gasteiger partial charge in [0.1, 0.15) is 5.71 Å². The second-order valence-electron chi connectivity index (χ2n) is 4.75. The number of aromatic carboxylic acids is 1. The minimum Gasteiger partial charge on any atom is -0.478 e. The number of rotatable bonds is 6. The molecule has 0 aliphatic carbocycles. The number of benzene rings is 2. The fraction of sp³-hybridized carbons (Fsp3) is 0.0625. The van der Waals surface area contributed by atoms with Crippen LogP contribution in [0.25, 0.3) is 0 Å². The maximum Gasteiger partial charge on any atom is 0.350 e. The van der Waals surface area contributed by atoms with Gasteiger partial charge in [-0.3, -0.25) is 10.1 Å². The number of carboxylic acid groups (broad SMARTS) is 2. The molecule has 2 N–H and O–H groups in total. The molecule has 0 aromatic heterocycles. The van der Waals surface area contributed by atoms with Crippen LogP contribution in [-0.4, -0.2) is 32.8 Å². The Morgan fingerprint density at radius 3 is 2.29 bits per heavy atom. The van der Waals surface area contributed by atoms with Crippen LogP contribution in [0.5, 0.6) is 0 Å². The van der Waals surface area contributed by atoms with E-state index >= 15 is 0 Å². The standard InChI is InChI=1S/C16H12N2O6/c19-15(20)11-6-2-3-7-12(11)17-13(16(21)22)9-10-5-1-4-8-14(10)18(23)24/h1-8H,9H2,(H,19,20)(H,21,22). The fourth-order valence-corrected chi connectivity index (χ4v) is 2.08. The van der Waals surface area contributed by atoms with E-state index in [1.54, 1.807) is 6.07 Å². The van der Waals surface area contributed by atoms with Crippen LogP contribution in [0, 0.1) is 10.1 Å². The summed E-state index contributed by atoms with van der Waals surface area (Å²) < 4.78 is 0. The lowest BCUT2D eigenvalue weighted by atomic mass is 10.1. The van der Waals surface area contributed by atoms with Crippen molar-refractivity contribution in [3.05, 3.63) is 69.8 Å². The molecule has 0 radical (unpaired) electrons. The molecule has 122 valence electrons. The molecule has 2 aromatic carbocycles. The highest BCUT2D eigenvalue weighted by Gasteiger charge is 2.19. The number of aliphatic carboxylic acids is 1. The number of hydrogen-bond acceptors (Lipinski definition) is 5. The number of nitro benzene ring substituents is 1. The Labute approximate surface area is 135 Å². The Bertz CT molecular complexity index is 844. The molecule has 0 saturated heterocycles. The van der Waals surface area contributed by atoms with E-state index < -0.39 is 22.6 Å². The van der Waals surface area contributed by atoms with Crippen LogP contribution >= 0.6 is 0 Å². The lowest BCUT2D eigenvalue weighted by Crippen LogP contribution is -2.16. The first-order valence-corrected chi connectivity index (χ1v) is 6.75. The second kappa shape index (κ2) is 7.14. The quantitative estimate of drug-likeness (QED) is 0.476. The molecule has 0 saturated carbocycles. The van der Waals surface area contributed by atoms with Gasteiger partial charge in [0, 0.05) is 18.1 Å². The summed E-state index contributed by atoms with van der Waals surface area (Å²) in [5, 5.41) is 29.4. The summed E-state index contributed by atoms with van der Waals surface area (Å²) in [5.74, 6) is -2.63. The van der Waals surface area contributed by atoms with Gasteiger partial charge in [-0.15, -0.1) is 0 Å². The van der Waals surface area contributed by atoms with Crippen LogP contribution < -0.4 is 0 Å². The Kier molecular flexibility index (Phi) is 5.00. The third-order valence-corrected chi connectivity index (χ3v) is 3.18. The van der Waals surface area contributed by atoms with Crippen molar-refractivity contribution in [3.8, 4) is 0 Å². The average Bonchev–Trinajstić information content (AvgIpc) is 2.54. The molecule has 0 amide bonds. The van der Waals surface area contributed by atoms with Crippen molar-refractivity contribution in [2.45, 2.75) is 6.42 Å². The number of para-hydroxylation sites is 2. The zero-order valence-electron chi connectivity index (χ0n) is 12.2. The maximum atomic E-state index is 11.4. The molecule has 0 fully saturated rings. The Balaban J connectivity index is 2.47. The average molecular weight is 328 g/mol. The van der Waals surface area contributed by atoms with Gasteiger partial charge in [-0.25, -0.2) is 14.6 Å². The van der Waals surface area contributed by atoms with Crippen LogP contribution in [0.2, 0.25) is 0 Å². The molecular weight excluding hydrogens is 316 g/mol. The predicted molar refractivity (Wildman–Crippen MR) is 84.9 cm³/mol. The van der Waals surface area contributed by atoms with E-state index in [0.29, 0.717) is 0 Å². The van der Waals surface area contributed by atoms with Crippen molar-refractivity contribution < 1.29 is 24.7 Å². The molecule has 0 unspecified atom stereocenters. The molecule has 8 nitrogen and oxygen atoms in total. The molecule has 2 aromatic rings. The van der Waals surface area contributed by atoms with Gasteiger partial charge in [-0.05, 0) is 12.1 Å². The van der Waals surface area contributed by atoms with E-state index in [1.807, 2.05) is 0 Å². The minimum atomic E-state index is -1.38. The van der Waals surface area contributed by atoms with E-state index in [1.165, 1.54) is 42.5 Å². The van der Waals surface area contributed by atoms with Gasteiger partial charge in [-0.1, -0.05) is 30.3 Å². The number of carbonyl (C=O) groups is 2. The molecule has 24 heavy (non-hydrogen) atoms. The third kappa shape index (κ3) is 3.80. The van der Waals surface area contributed by atoms with Crippen LogP contribution in [-0.2, 0) is 11.2 Å². The molecule has 0 atom stereocenters. The molecular formula is C16H12N2O6. The molecule has 2 rings (SSSR count). The molecule has 8 heteroatoms. The molecule has 0 aliphatic rings. The van der Waals surface area contributed by atoms with Gasteiger partial charge in [-0.2, -0.15) is 0 Å². The van der Waals surface area contributed by atoms with Gasteiger partial charge in [0.15, 0.2) is 0 Å². The summed E-state index contributed by atoms with van der Waals surface area (Å²) in [6, 6.07) is 11.4. The van der Waals surface area contributed by atoms with Crippen LogP contribution in [0.4, 0.5) is 11.4 Å². The van der Waals surface area contributed by atoms with E-state index in [4.69, 9.17) is 5.11 Å². The normalized spacial score (nSPS) is 11.1. The van der Waals surface area contributed by atoms with Crippen molar-refractivity contribution in [2.24, 2.45) is 4.99 Å². The summed E-state index contributed by atoms with van der Waals surface area (Å²) >= 11 is 0. The smallest absolute Gasteiger partial charge is 0.350 e. The first-order valence-electron chi connectivity index (χ1n) is 6.75. The van der Waals surface area contributed by atoms with E-state index in [0.717, 1.165) is 0 Å². The van der Waals surface area contributed by atoms with Gasteiger partial charge in [0.25, 0.3) is 5.69 Å². The van der Waals surface area contributed by atoms with Crippen molar-refractivity contribution in [1.29, 1.82) is 0 Å². The Hall–Kier alpha value is -3.55. The van der Waals surface area contributed by atoms with Gasteiger partial charge in [0.05, 0.1) is 16.2 Å². The van der Waals surface area contributed by atoms with Crippen LogP contribution in [0.1, 0.15) is 15.9 Å². The zero-order valence-corrected chi connectivity index (χ0v) is 12.2. The van der Waals surface area contributed by atoms with Crippen molar-refractivity contribution in [3.63, 3.8) is 0 Å². The van der Waals surface area contributed by atoms with Crippen molar-refractivity contribution >= 4 is 29.0 Å². The van der Waals surface area contributed by atoms with Crippen LogP contribution in [0.15, 0.2) is 53.5 Å². The molecule has 0 aliphatic heterocycles. The summed E-state index contributed by atoms with van der Waals surface area (Å²) in [6.07, 6.45) is -0.305. The highest BCUT2D eigenvalue weighted by atomic mass is 16.6. The number of nitro groups is 1. The van der Waals surface area contributed by atoms with Crippen molar-refractivity contribution in [2.75, 3.05) is 0 Å². The largest absolute Gasteiger partial charge is 0.478 e. The summed E-state index contributed by atoms with van der Waals surface area (Å²) in [5.41, 5.74) is -0.618. The number of nitrogens with zero attached hydrogens (tertiary/aromatic N) is 2. The van der Waals surface area contributed by atoms with Gasteiger partial charge < -0.3 is 10.2 Å². The monoisotopic (exact) mass is 328 g/mol. The maximum absolute atomic E-state index is 11.4. The zero-order chi connectivity index (χ0) is 17.7. The number of hydrogen-bond donors (Lipinski definition) is 2. The highest BCUT2D eigenvalue weighted by Crippen LogP contribution is 2.22. The molecule has 0 heterocycles. The second-order valence-corrected chi connectivity index (χ2v) is 4.75. The van der Waals surface area contributed by atoms with E-state index in [2.05, 4.69) is 4.99 Å². The Morgan fingerprint density at radius 1 is 1.04 bits per heavy atom. The lowest BCUT2D eigenvalue weighted by molar-refractivity contribution is -0.385. The van der Waals surface area contributed by atoms with Crippen LogP contribution in [0.3, 0.4) is 0 Å². The topological polar surface area (TPSA) is 130 Å². The van der Waals surface area contributed by atoms with Gasteiger partial charge in [0.2, 0.25) is 0 Å². The number of carboxylic acids is 2. The van der Waals surface area contributed by atoms with Crippen molar-refractivity contribution in [1.82, 2.24) is 0 Å². The van der Waals surface area contributed by atoms with E-state index in [9.17, 15) is 24.8 Å². The molecule has 0 spiro atoms. The third-order valence-electron chi connectivity index (χ3n) is 3.18. The summed E-state index contributed by atoms with van der Waals surface area (Å²) in [4.78, 5) is 36.9. The van der Waals surface area contributed by atoms with Gasteiger partial charge >= 0.3 is 11.9 Å². The minimum absolute atomic E-state index is 0.0269. The summed E-state index contributed by atoms with van der Waals surface area (Å²) in [7, 11) is 0. The summed E-state index contributed by atoms with van der Waals surface area (Å²) in [6.45, 7) is 0. The molecule has 0 bridgehead atoms. The SMILES string of the molecule is O=C(O)C(Cc1ccccc1[N+](=O)[O-])=Nc1ccccc1C(=O)O. The first kappa shape index (κ1) is 16.8. The first-order chi connectivity index (χ1) is 11.4.